The first-order valence-corrected chi connectivity index (χ1v) is 10.9. The molecule has 0 bridgehead atoms. The van der Waals surface area contributed by atoms with E-state index < -0.39 is 12.1 Å². The molecule has 162 valence electrons. The van der Waals surface area contributed by atoms with E-state index in [1.54, 1.807) is 24.3 Å². The van der Waals surface area contributed by atoms with Crippen molar-refractivity contribution < 1.29 is 15.0 Å². The molecule has 4 rings (SSSR count). The van der Waals surface area contributed by atoms with Gasteiger partial charge in [-0.05, 0) is 76.3 Å². The standard InChI is InChI=1S/C27H24ClNO3/c28-25-3-1-2-23(16-25)26(30)17-29-13-12-18-4-6-19(7-5-18)20-8-9-22-15-24(27(31)32)11-10-21(22)14-20/h1-11,14-16,26,29-30H,12-13,17H2,(H,31,32)/t26-/m0/s1. The number of carboxylic acid groups (broad SMARTS) is 1. The van der Waals surface area contributed by atoms with Crippen molar-refractivity contribution in [3.05, 3.63) is 107 Å². The smallest absolute Gasteiger partial charge is 0.335 e. The van der Waals surface area contributed by atoms with Gasteiger partial charge in [-0.1, -0.05) is 66.2 Å². The van der Waals surface area contributed by atoms with Crippen molar-refractivity contribution in [2.75, 3.05) is 13.1 Å². The maximum absolute atomic E-state index is 11.1. The number of hydrogen-bond acceptors (Lipinski definition) is 3. The fourth-order valence-corrected chi connectivity index (χ4v) is 3.92. The van der Waals surface area contributed by atoms with Crippen LogP contribution in [0.1, 0.15) is 27.6 Å². The third kappa shape index (κ3) is 5.35. The summed E-state index contributed by atoms with van der Waals surface area (Å²) >= 11 is 5.98. The highest BCUT2D eigenvalue weighted by atomic mass is 35.5. The summed E-state index contributed by atoms with van der Waals surface area (Å²) in [5.41, 5.74) is 4.52. The number of aliphatic hydroxyl groups is 1. The minimum Gasteiger partial charge on any atom is -0.478 e. The van der Waals surface area contributed by atoms with Gasteiger partial charge in [-0.15, -0.1) is 0 Å². The van der Waals surface area contributed by atoms with Crippen molar-refractivity contribution in [1.82, 2.24) is 5.32 Å². The van der Waals surface area contributed by atoms with E-state index in [0.29, 0.717) is 17.1 Å². The second-order valence-electron chi connectivity index (χ2n) is 7.80. The SMILES string of the molecule is O=C(O)c1ccc2cc(-c3ccc(CCNC[C@H](O)c4cccc(Cl)c4)cc3)ccc2c1. The van der Waals surface area contributed by atoms with Gasteiger partial charge >= 0.3 is 5.97 Å². The third-order valence-electron chi connectivity index (χ3n) is 5.54. The summed E-state index contributed by atoms with van der Waals surface area (Å²) in [7, 11) is 0. The van der Waals surface area contributed by atoms with Gasteiger partial charge < -0.3 is 15.5 Å². The summed E-state index contributed by atoms with van der Waals surface area (Å²) in [4.78, 5) is 11.1. The van der Waals surface area contributed by atoms with Gasteiger partial charge in [0.2, 0.25) is 0 Å². The number of aliphatic hydroxyl groups excluding tert-OH is 1. The van der Waals surface area contributed by atoms with Gasteiger partial charge in [0, 0.05) is 11.6 Å². The number of benzene rings is 4. The number of carboxylic acids is 1. The third-order valence-corrected chi connectivity index (χ3v) is 5.77. The van der Waals surface area contributed by atoms with Crippen LogP contribution < -0.4 is 5.32 Å². The predicted molar refractivity (Wildman–Crippen MR) is 129 cm³/mol. The van der Waals surface area contributed by atoms with Crippen molar-refractivity contribution in [3.63, 3.8) is 0 Å². The van der Waals surface area contributed by atoms with E-state index in [2.05, 4.69) is 35.6 Å². The fraction of sp³-hybridized carbons (Fsp3) is 0.148. The van der Waals surface area contributed by atoms with Crippen LogP contribution >= 0.6 is 11.6 Å². The molecule has 0 aliphatic carbocycles. The first-order valence-electron chi connectivity index (χ1n) is 10.5. The quantitative estimate of drug-likeness (QED) is 0.303. The van der Waals surface area contributed by atoms with Crippen molar-refractivity contribution in [3.8, 4) is 11.1 Å². The molecular formula is C27H24ClNO3. The Labute approximate surface area is 192 Å². The molecule has 4 nitrogen and oxygen atoms in total. The van der Waals surface area contributed by atoms with E-state index in [1.165, 1.54) is 5.56 Å². The zero-order valence-corrected chi connectivity index (χ0v) is 18.2. The van der Waals surface area contributed by atoms with Crippen LogP contribution in [0.25, 0.3) is 21.9 Å². The number of halogens is 1. The molecular weight excluding hydrogens is 422 g/mol. The largest absolute Gasteiger partial charge is 0.478 e. The number of fused-ring (bicyclic) bond motifs is 1. The Balaban J connectivity index is 1.34. The van der Waals surface area contributed by atoms with E-state index >= 15 is 0 Å². The molecule has 0 amide bonds. The van der Waals surface area contributed by atoms with Crippen LogP contribution in [0.15, 0.2) is 84.9 Å². The molecule has 4 aromatic rings. The van der Waals surface area contributed by atoms with E-state index in [9.17, 15) is 9.90 Å². The Bertz CT molecular complexity index is 1240. The zero-order chi connectivity index (χ0) is 22.5. The number of carbonyl (C=O) groups is 1. The highest BCUT2D eigenvalue weighted by Crippen LogP contribution is 2.26. The van der Waals surface area contributed by atoms with Crippen molar-refractivity contribution in [2.45, 2.75) is 12.5 Å². The lowest BCUT2D eigenvalue weighted by Crippen LogP contribution is -2.23. The highest BCUT2D eigenvalue weighted by molar-refractivity contribution is 6.30. The Morgan fingerprint density at radius 2 is 1.59 bits per heavy atom. The van der Waals surface area contributed by atoms with Gasteiger partial charge in [0.05, 0.1) is 11.7 Å². The minimum absolute atomic E-state index is 0.295. The van der Waals surface area contributed by atoms with E-state index in [0.717, 1.165) is 40.4 Å². The Morgan fingerprint density at radius 1 is 0.875 bits per heavy atom. The van der Waals surface area contributed by atoms with Crippen LogP contribution in [0.3, 0.4) is 0 Å². The van der Waals surface area contributed by atoms with Gasteiger partial charge in [0.25, 0.3) is 0 Å². The molecule has 0 aromatic heterocycles. The van der Waals surface area contributed by atoms with E-state index in [1.807, 2.05) is 30.3 Å². The summed E-state index contributed by atoms with van der Waals surface area (Å²) in [6.45, 7) is 1.23. The van der Waals surface area contributed by atoms with Gasteiger partial charge in [0.1, 0.15) is 0 Å². The van der Waals surface area contributed by atoms with Gasteiger partial charge in [-0.25, -0.2) is 4.79 Å². The molecule has 3 N–H and O–H groups in total. The predicted octanol–water partition coefficient (Wildman–Crippen LogP) is 5.72. The molecule has 0 aliphatic rings. The van der Waals surface area contributed by atoms with Crippen LogP contribution in [0.5, 0.6) is 0 Å². The average molecular weight is 446 g/mol. The summed E-state index contributed by atoms with van der Waals surface area (Å²) in [6, 6.07) is 26.9. The summed E-state index contributed by atoms with van der Waals surface area (Å²) in [5.74, 6) is -0.917. The number of nitrogens with one attached hydrogen (secondary N) is 1. The molecule has 0 aliphatic heterocycles. The fourth-order valence-electron chi connectivity index (χ4n) is 3.73. The zero-order valence-electron chi connectivity index (χ0n) is 17.5. The molecule has 0 radical (unpaired) electrons. The van der Waals surface area contributed by atoms with Crippen LogP contribution in [0, 0.1) is 0 Å². The van der Waals surface area contributed by atoms with Crippen LogP contribution in [0.4, 0.5) is 0 Å². The molecule has 0 saturated carbocycles. The maximum atomic E-state index is 11.1. The molecule has 5 heteroatoms. The van der Waals surface area contributed by atoms with Crippen molar-refractivity contribution in [1.29, 1.82) is 0 Å². The number of rotatable bonds is 8. The molecule has 0 unspecified atom stereocenters. The molecule has 0 fully saturated rings. The average Bonchev–Trinajstić information content (AvgIpc) is 2.81. The van der Waals surface area contributed by atoms with Crippen LogP contribution in [-0.4, -0.2) is 29.3 Å². The minimum atomic E-state index is -0.917. The lowest BCUT2D eigenvalue weighted by atomic mass is 9.99. The van der Waals surface area contributed by atoms with Crippen LogP contribution in [0.2, 0.25) is 5.02 Å². The van der Waals surface area contributed by atoms with Gasteiger partial charge in [-0.3, -0.25) is 0 Å². The Hall–Kier alpha value is -3.18. The monoisotopic (exact) mass is 445 g/mol. The Morgan fingerprint density at radius 3 is 2.34 bits per heavy atom. The lowest BCUT2D eigenvalue weighted by molar-refractivity contribution is 0.0697. The van der Waals surface area contributed by atoms with Crippen molar-refractivity contribution in [2.24, 2.45) is 0 Å². The second kappa shape index (κ2) is 9.96. The Kier molecular flexibility index (Phi) is 6.86. The van der Waals surface area contributed by atoms with Gasteiger partial charge in [-0.2, -0.15) is 0 Å². The molecule has 1 atom stereocenters. The summed E-state index contributed by atoms with van der Waals surface area (Å²) < 4.78 is 0. The summed E-state index contributed by atoms with van der Waals surface area (Å²) in [5, 5.41) is 25.3. The first kappa shape index (κ1) is 22.0. The van der Waals surface area contributed by atoms with Crippen molar-refractivity contribution >= 4 is 28.3 Å². The van der Waals surface area contributed by atoms with E-state index in [-0.39, 0.29) is 0 Å². The molecule has 4 aromatic carbocycles. The topological polar surface area (TPSA) is 69.6 Å². The molecule has 0 spiro atoms. The lowest BCUT2D eigenvalue weighted by Gasteiger charge is -2.13. The molecule has 32 heavy (non-hydrogen) atoms. The van der Waals surface area contributed by atoms with Gasteiger partial charge in [0.15, 0.2) is 0 Å². The van der Waals surface area contributed by atoms with Crippen LogP contribution in [-0.2, 0) is 6.42 Å². The first-order chi connectivity index (χ1) is 15.5. The number of hydrogen-bond donors (Lipinski definition) is 3. The highest BCUT2D eigenvalue weighted by Gasteiger charge is 2.08. The molecule has 0 heterocycles. The summed E-state index contributed by atoms with van der Waals surface area (Å²) in [6.07, 6.45) is 0.272. The normalized spacial score (nSPS) is 12.1. The second-order valence-corrected chi connectivity index (χ2v) is 8.24. The van der Waals surface area contributed by atoms with E-state index in [4.69, 9.17) is 16.7 Å². The number of aromatic carboxylic acids is 1. The molecule has 0 saturated heterocycles. The maximum Gasteiger partial charge on any atom is 0.335 e.